The normalized spacial score (nSPS) is 14.8. The highest BCUT2D eigenvalue weighted by molar-refractivity contribution is 5.70. The van der Waals surface area contributed by atoms with Crippen LogP contribution in [-0.2, 0) is 6.42 Å². The van der Waals surface area contributed by atoms with Crippen LogP contribution in [0.5, 0.6) is 0 Å². The van der Waals surface area contributed by atoms with Crippen LogP contribution < -0.4 is 10.2 Å². The van der Waals surface area contributed by atoms with Crippen molar-refractivity contribution in [3.63, 3.8) is 0 Å². The highest BCUT2D eigenvalue weighted by Gasteiger charge is 2.27. The summed E-state index contributed by atoms with van der Waals surface area (Å²) in [5.41, 5.74) is 1.16. The lowest BCUT2D eigenvalue weighted by Crippen LogP contribution is -2.26. The molecule has 7 nitrogen and oxygen atoms in total. The highest BCUT2D eigenvalue weighted by atomic mass is 16.6. The quantitative estimate of drug-likeness (QED) is 0.640. The maximum atomic E-state index is 11.7. The largest absolute Gasteiger partial charge is 0.364 e. The Labute approximate surface area is 147 Å². The molecule has 0 unspecified atom stereocenters. The summed E-state index contributed by atoms with van der Waals surface area (Å²) in [6.07, 6.45) is 6.60. The SMILES string of the molecule is O=[N+]([O-])c1c(NCCc2ccccc2)ncnc1N1CCCCCC1. The van der Waals surface area contributed by atoms with Crippen LogP contribution in [0.3, 0.4) is 0 Å². The second kappa shape index (κ2) is 8.41. The van der Waals surface area contributed by atoms with Crippen LogP contribution in [-0.4, -0.2) is 34.5 Å². The second-order valence-electron chi connectivity index (χ2n) is 6.22. The first-order valence-electron chi connectivity index (χ1n) is 8.78. The molecule has 1 fully saturated rings. The van der Waals surface area contributed by atoms with Gasteiger partial charge in [0.05, 0.1) is 4.92 Å². The summed E-state index contributed by atoms with van der Waals surface area (Å²) in [6, 6.07) is 10.0. The molecule has 1 N–H and O–H groups in total. The summed E-state index contributed by atoms with van der Waals surface area (Å²) < 4.78 is 0. The first-order chi connectivity index (χ1) is 12.3. The summed E-state index contributed by atoms with van der Waals surface area (Å²) in [5.74, 6) is 0.735. The van der Waals surface area contributed by atoms with E-state index in [1.54, 1.807) is 0 Å². The zero-order valence-electron chi connectivity index (χ0n) is 14.2. The molecule has 1 aliphatic rings. The number of rotatable bonds is 6. The molecule has 1 saturated heterocycles. The van der Waals surface area contributed by atoms with Crippen molar-refractivity contribution in [2.75, 3.05) is 29.9 Å². The maximum absolute atomic E-state index is 11.7. The topological polar surface area (TPSA) is 84.2 Å². The highest BCUT2D eigenvalue weighted by Crippen LogP contribution is 2.32. The van der Waals surface area contributed by atoms with Gasteiger partial charge in [0, 0.05) is 19.6 Å². The Hall–Kier alpha value is -2.70. The summed E-state index contributed by atoms with van der Waals surface area (Å²) in [4.78, 5) is 21.7. The van der Waals surface area contributed by atoms with E-state index < -0.39 is 0 Å². The van der Waals surface area contributed by atoms with Crippen LogP contribution in [0, 0.1) is 10.1 Å². The molecule has 1 aromatic heterocycles. The summed E-state index contributed by atoms with van der Waals surface area (Å²) >= 11 is 0. The van der Waals surface area contributed by atoms with Gasteiger partial charge in [-0.25, -0.2) is 9.97 Å². The fourth-order valence-corrected chi connectivity index (χ4v) is 3.15. The number of nitrogens with one attached hydrogen (secondary N) is 1. The third-order valence-corrected chi connectivity index (χ3v) is 4.44. The Bertz CT molecular complexity index is 700. The molecular weight excluding hydrogens is 318 g/mol. The smallest absolute Gasteiger partial charge is 0.353 e. The van der Waals surface area contributed by atoms with Gasteiger partial charge in [0.15, 0.2) is 0 Å². The first-order valence-corrected chi connectivity index (χ1v) is 8.78. The van der Waals surface area contributed by atoms with E-state index in [9.17, 15) is 10.1 Å². The van der Waals surface area contributed by atoms with Crippen molar-refractivity contribution < 1.29 is 4.92 Å². The standard InChI is InChI=1S/C18H23N5O2/c24-23(25)16-17(19-11-10-15-8-4-3-5-9-15)20-14-21-18(16)22-12-6-1-2-7-13-22/h3-5,8-9,14H,1-2,6-7,10-13H2,(H,19,20,21). The molecule has 7 heteroatoms. The summed E-state index contributed by atoms with van der Waals surface area (Å²) in [7, 11) is 0. The van der Waals surface area contributed by atoms with Gasteiger partial charge in [-0.2, -0.15) is 0 Å². The van der Waals surface area contributed by atoms with Gasteiger partial charge in [-0.1, -0.05) is 43.2 Å². The number of anilines is 2. The molecule has 0 radical (unpaired) electrons. The van der Waals surface area contributed by atoms with Crippen LogP contribution in [0.2, 0.25) is 0 Å². The predicted molar refractivity (Wildman–Crippen MR) is 98.0 cm³/mol. The minimum absolute atomic E-state index is 0.0162. The lowest BCUT2D eigenvalue weighted by atomic mass is 10.1. The molecule has 0 aliphatic carbocycles. The summed E-state index contributed by atoms with van der Waals surface area (Å²) in [6.45, 7) is 2.20. The van der Waals surface area contributed by atoms with Gasteiger partial charge in [-0.15, -0.1) is 0 Å². The molecule has 0 amide bonds. The monoisotopic (exact) mass is 341 g/mol. The zero-order chi connectivity index (χ0) is 17.5. The van der Waals surface area contributed by atoms with Crippen LogP contribution in [0.15, 0.2) is 36.7 Å². The van der Waals surface area contributed by atoms with E-state index in [4.69, 9.17) is 0 Å². The van der Waals surface area contributed by atoms with Crippen molar-refractivity contribution in [1.29, 1.82) is 0 Å². The van der Waals surface area contributed by atoms with Crippen molar-refractivity contribution in [3.8, 4) is 0 Å². The van der Waals surface area contributed by atoms with E-state index in [0.717, 1.165) is 45.2 Å². The molecule has 2 heterocycles. The van der Waals surface area contributed by atoms with Gasteiger partial charge in [-0.3, -0.25) is 10.1 Å². The van der Waals surface area contributed by atoms with Gasteiger partial charge < -0.3 is 10.2 Å². The van der Waals surface area contributed by atoms with Crippen LogP contribution in [0.4, 0.5) is 17.3 Å². The minimum Gasteiger partial charge on any atom is -0.364 e. The molecule has 3 rings (SSSR count). The van der Waals surface area contributed by atoms with Crippen molar-refractivity contribution in [1.82, 2.24) is 9.97 Å². The average Bonchev–Trinajstić information content (AvgIpc) is 2.91. The summed E-state index contributed by atoms with van der Waals surface area (Å²) in [5, 5.41) is 14.8. The Balaban J connectivity index is 1.76. The third kappa shape index (κ3) is 4.43. The number of benzene rings is 1. The maximum Gasteiger partial charge on any atom is 0.353 e. The van der Waals surface area contributed by atoms with Gasteiger partial charge in [0.1, 0.15) is 6.33 Å². The number of nitrogens with zero attached hydrogens (tertiary/aromatic N) is 4. The van der Waals surface area contributed by atoms with E-state index in [-0.39, 0.29) is 10.6 Å². The van der Waals surface area contributed by atoms with Gasteiger partial charge in [-0.05, 0) is 24.8 Å². The molecule has 0 spiro atoms. The van der Waals surface area contributed by atoms with E-state index in [0.29, 0.717) is 18.2 Å². The fourth-order valence-electron chi connectivity index (χ4n) is 3.15. The number of hydrogen-bond donors (Lipinski definition) is 1. The molecule has 0 bridgehead atoms. The van der Waals surface area contributed by atoms with E-state index in [2.05, 4.69) is 15.3 Å². The van der Waals surface area contributed by atoms with E-state index in [1.165, 1.54) is 11.9 Å². The molecule has 0 atom stereocenters. The lowest BCUT2D eigenvalue weighted by Gasteiger charge is -2.21. The second-order valence-corrected chi connectivity index (χ2v) is 6.22. The Kier molecular flexibility index (Phi) is 5.77. The molecule has 1 aromatic carbocycles. The lowest BCUT2D eigenvalue weighted by molar-refractivity contribution is -0.383. The molecule has 0 saturated carbocycles. The Morgan fingerprint density at radius 3 is 2.48 bits per heavy atom. The van der Waals surface area contributed by atoms with Crippen LogP contribution in [0.25, 0.3) is 0 Å². The van der Waals surface area contributed by atoms with E-state index in [1.807, 2.05) is 35.2 Å². The third-order valence-electron chi connectivity index (χ3n) is 4.44. The van der Waals surface area contributed by atoms with Crippen molar-refractivity contribution in [2.24, 2.45) is 0 Å². The van der Waals surface area contributed by atoms with Crippen LogP contribution >= 0.6 is 0 Å². The number of aromatic nitrogens is 2. The Morgan fingerprint density at radius 1 is 1.08 bits per heavy atom. The first kappa shape index (κ1) is 17.1. The molecular formula is C18H23N5O2. The van der Waals surface area contributed by atoms with Crippen molar-refractivity contribution in [3.05, 3.63) is 52.3 Å². The van der Waals surface area contributed by atoms with Gasteiger partial charge in [0.25, 0.3) is 0 Å². The minimum atomic E-state index is -0.370. The predicted octanol–water partition coefficient (Wildman–Crippen LogP) is 3.42. The average molecular weight is 341 g/mol. The molecule has 1 aliphatic heterocycles. The molecule has 132 valence electrons. The van der Waals surface area contributed by atoms with Gasteiger partial charge in [0.2, 0.25) is 11.6 Å². The van der Waals surface area contributed by atoms with Crippen molar-refractivity contribution in [2.45, 2.75) is 32.1 Å². The Morgan fingerprint density at radius 2 is 1.80 bits per heavy atom. The molecule has 25 heavy (non-hydrogen) atoms. The van der Waals surface area contributed by atoms with Crippen molar-refractivity contribution >= 4 is 17.3 Å². The van der Waals surface area contributed by atoms with Gasteiger partial charge >= 0.3 is 5.69 Å². The number of hydrogen-bond acceptors (Lipinski definition) is 6. The van der Waals surface area contributed by atoms with Crippen LogP contribution in [0.1, 0.15) is 31.2 Å². The zero-order valence-corrected chi connectivity index (χ0v) is 14.2. The molecule has 2 aromatic rings. The number of nitro groups is 1. The fraction of sp³-hybridized carbons (Fsp3) is 0.444. The van der Waals surface area contributed by atoms with E-state index >= 15 is 0 Å².